The highest BCUT2D eigenvalue weighted by Crippen LogP contribution is 2.26. The number of aromatic nitrogens is 3. The summed E-state index contributed by atoms with van der Waals surface area (Å²) in [7, 11) is 0. The van der Waals surface area contributed by atoms with Gasteiger partial charge in [-0.05, 0) is 165 Å². The van der Waals surface area contributed by atoms with Gasteiger partial charge in [0.15, 0.2) is 0 Å². The molecule has 3 aromatic heterocycles. The molecule has 16 amide bonds. The SMILES string of the molecule is CC(C)C[C@H](NC(=O)[C@H](C)NC(=O)[C@H](CCC(=O)O)NC(=O)[C@H](Cc1c[nH]c2ccccc12)NC(=O)CN)C(=O)N[C@@H](CCCCN)C(=O)N[C@@H](Cc1ccc(O)cc1)C(=O)N[C@@H](CC(C)C)C(=O)N[C@@H](Cc1c[nH]c2ccccc12)C(=O)N[C@@H](CC(N)=O)C(=O)N[C@@H](CC(C)C)C(=O)N[C@@H](CC(C)C)C(=O)N[C@@H](CCC(N)=O)C(=O)N[C@@H](Cc1ccc(O)cc1)C(=O)N[C@@H](Cc1c[nH]c2ccccc12)C(=O)O. The van der Waals surface area contributed by atoms with Gasteiger partial charge >= 0.3 is 11.9 Å². The molecule has 143 heavy (non-hydrogen) atoms. The van der Waals surface area contributed by atoms with Crippen LogP contribution in [0.3, 0.4) is 0 Å². The van der Waals surface area contributed by atoms with E-state index in [0.717, 1.165) is 10.9 Å². The average Bonchev–Trinajstić information content (AvgIpc) is 1.70. The van der Waals surface area contributed by atoms with Gasteiger partial charge in [-0.3, -0.25) is 81.5 Å². The van der Waals surface area contributed by atoms with E-state index < -0.39 is 242 Å². The number of nitrogens with one attached hydrogen (secondary N) is 17. The summed E-state index contributed by atoms with van der Waals surface area (Å²) in [6.07, 6.45) is 0.591. The van der Waals surface area contributed by atoms with Crippen LogP contribution in [0.4, 0.5) is 0 Å². The molecule has 43 nitrogen and oxygen atoms in total. The number of rotatable bonds is 59. The molecule has 0 aliphatic heterocycles. The number of carboxylic acids is 2. The number of carbonyl (C=O) groups is 18. The average molecular weight is 1980 g/mol. The summed E-state index contributed by atoms with van der Waals surface area (Å²) in [5.41, 5.74) is 27.4. The number of aromatic amines is 3. The zero-order chi connectivity index (χ0) is 105. The third-order valence-electron chi connectivity index (χ3n) is 23.7. The number of carbonyl (C=O) groups excluding carboxylic acids is 16. The second-order valence-electron chi connectivity index (χ2n) is 37.5. The van der Waals surface area contributed by atoms with E-state index in [1.807, 2.05) is 0 Å². The van der Waals surface area contributed by atoms with Gasteiger partial charge in [0.1, 0.15) is 96.1 Å². The maximum absolute atomic E-state index is 15.3. The standard InChI is InChI=1S/C100H135N21O22/c1-52(2)38-73(113-87(129)56(9)108-88(130)72(34-36-86(127)128)112-97(139)79(109-85(126)48-102)44-59-49-105-67-21-13-10-18-64(59)67)91(133)110-70(24-16-17-37-101)89(131)117-77(42-57-25-29-62(122)30-26-57)95(137)115-76(41-55(7)8)94(136)119-80(45-60-50-106-68-22-14-11-19-65(60)68)98(140)120-81(47-84(104)125)99(141)116-75(40-54(5)6)93(135)114-74(39-53(3)4)92(134)111-71(33-35-83(103)124)90(132)118-78(43-58-27-31-63(123)32-28-58)96(138)121-82(100(142)143)46-61-51-107-69-23-15-12-20-66(61)69/h10-15,18-23,25-32,49-56,70-82,105-107,122-123H,16-17,24,33-48,101-102H2,1-9H3,(H2,103,124)(H2,104,125)(H,108,130)(H,109,126)(H,110,133)(H,111,134)(H,112,139)(H,113,129)(H,114,135)(H,115,137)(H,116,141)(H,117,131)(H,118,132)(H,119,136)(H,120,140)(H,121,138)(H,127,128)(H,142,143)/t56-,70-,71-,72-,73-,74-,75-,76-,77-,78-,79-,80-,81-,82-/m0/s1. The third kappa shape index (κ3) is 36.1. The van der Waals surface area contributed by atoms with E-state index in [2.05, 4.69) is 89.4 Å². The second kappa shape index (κ2) is 55.0. The fourth-order valence-corrected chi connectivity index (χ4v) is 16.3. The Labute approximate surface area is 826 Å². The number of aliphatic carboxylic acids is 2. The van der Waals surface area contributed by atoms with Gasteiger partial charge in [-0.15, -0.1) is 0 Å². The highest BCUT2D eigenvalue weighted by atomic mass is 16.4. The molecule has 5 aromatic carbocycles. The van der Waals surface area contributed by atoms with Crippen molar-refractivity contribution in [2.24, 2.45) is 46.6 Å². The van der Waals surface area contributed by atoms with Crippen molar-refractivity contribution in [2.45, 2.75) is 256 Å². The van der Waals surface area contributed by atoms with Crippen LogP contribution in [0.2, 0.25) is 0 Å². The summed E-state index contributed by atoms with van der Waals surface area (Å²) < 4.78 is 0. The molecule has 3 heterocycles. The van der Waals surface area contributed by atoms with Gasteiger partial charge in [0, 0.05) is 96.2 Å². The Hall–Kier alpha value is -15.3. The molecule has 0 saturated heterocycles. The number of benzene rings is 5. The van der Waals surface area contributed by atoms with E-state index in [9.17, 15) is 87.5 Å². The first kappa shape index (κ1) is 113. The van der Waals surface area contributed by atoms with E-state index >= 15 is 19.2 Å². The van der Waals surface area contributed by atoms with Crippen molar-refractivity contribution in [2.75, 3.05) is 13.1 Å². The number of primary amides is 2. The summed E-state index contributed by atoms with van der Waals surface area (Å²) in [6.45, 7) is 14.7. The zero-order valence-electron chi connectivity index (χ0n) is 81.6. The Morgan fingerprint density at radius 2 is 0.587 bits per heavy atom. The monoisotopic (exact) mass is 1980 g/mol. The molecular formula is C100H135N21O22. The molecule has 772 valence electrons. The maximum atomic E-state index is 15.3. The number of aromatic hydroxyl groups is 2. The van der Waals surface area contributed by atoms with Crippen LogP contribution >= 0.6 is 0 Å². The molecule has 0 aliphatic carbocycles. The minimum absolute atomic E-state index is 0.0565. The Kier molecular flexibility index (Phi) is 43.5. The van der Waals surface area contributed by atoms with Gasteiger partial charge < -0.3 is 133 Å². The molecule has 0 radical (unpaired) electrons. The highest BCUT2D eigenvalue weighted by Gasteiger charge is 2.40. The molecule has 0 fully saturated rings. The molecule has 0 unspecified atom stereocenters. The van der Waals surface area contributed by atoms with Gasteiger partial charge in [-0.2, -0.15) is 0 Å². The predicted molar refractivity (Wildman–Crippen MR) is 529 cm³/mol. The Bertz CT molecular complexity index is 5780. The molecule has 8 rings (SSSR count). The molecule has 29 N–H and O–H groups in total. The number of amides is 16. The molecular weight excluding hydrogens is 1850 g/mol. The predicted octanol–water partition coefficient (Wildman–Crippen LogP) is 1.22. The number of phenols is 2. The summed E-state index contributed by atoms with van der Waals surface area (Å²) in [5.74, 6) is -20.1. The second-order valence-corrected chi connectivity index (χ2v) is 37.5. The lowest BCUT2D eigenvalue weighted by Gasteiger charge is -2.29. The third-order valence-corrected chi connectivity index (χ3v) is 23.7. The van der Waals surface area contributed by atoms with Crippen LogP contribution in [-0.4, -0.2) is 240 Å². The molecule has 43 heteroatoms. The highest BCUT2D eigenvalue weighted by molar-refractivity contribution is 6.02. The van der Waals surface area contributed by atoms with Crippen molar-refractivity contribution in [3.05, 3.63) is 168 Å². The van der Waals surface area contributed by atoms with Gasteiger partial charge in [0.05, 0.1) is 13.0 Å². The lowest BCUT2D eigenvalue weighted by Crippen LogP contribution is -2.61. The minimum Gasteiger partial charge on any atom is -0.508 e. The largest absolute Gasteiger partial charge is 0.508 e. The molecule has 0 aliphatic rings. The van der Waals surface area contributed by atoms with Crippen LogP contribution in [0.15, 0.2) is 140 Å². The number of nitrogens with two attached hydrogens (primary N) is 4. The summed E-state index contributed by atoms with van der Waals surface area (Å²) in [5, 5.41) is 79.3. The summed E-state index contributed by atoms with van der Waals surface area (Å²) in [6, 6.07) is 10.4. The Morgan fingerprint density at radius 3 is 0.930 bits per heavy atom. The van der Waals surface area contributed by atoms with Crippen molar-refractivity contribution in [1.82, 2.24) is 89.4 Å². The van der Waals surface area contributed by atoms with Crippen molar-refractivity contribution >= 4 is 139 Å². The first-order valence-corrected chi connectivity index (χ1v) is 47.7. The van der Waals surface area contributed by atoms with Crippen molar-refractivity contribution in [1.29, 1.82) is 0 Å². The number of hydrogen-bond acceptors (Lipinski definition) is 22. The molecule has 14 atom stereocenters. The maximum Gasteiger partial charge on any atom is 0.326 e. The van der Waals surface area contributed by atoms with E-state index in [0.29, 0.717) is 56.0 Å². The van der Waals surface area contributed by atoms with Crippen LogP contribution in [-0.2, 0) is 118 Å². The number of fused-ring (bicyclic) bond motifs is 3. The number of hydrogen-bond donors (Lipinski definition) is 25. The smallest absolute Gasteiger partial charge is 0.326 e. The first-order valence-electron chi connectivity index (χ1n) is 47.7. The van der Waals surface area contributed by atoms with Crippen LogP contribution < -0.4 is 97.4 Å². The fourth-order valence-electron chi connectivity index (χ4n) is 16.3. The van der Waals surface area contributed by atoms with Gasteiger partial charge in [-0.1, -0.05) is 134 Å². The van der Waals surface area contributed by atoms with Crippen molar-refractivity contribution in [3.8, 4) is 11.5 Å². The fraction of sp³-hybridized carbons (Fsp3) is 0.460. The Morgan fingerprint density at radius 1 is 0.301 bits per heavy atom. The van der Waals surface area contributed by atoms with Crippen molar-refractivity contribution < 1.29 is 107 Å². The Balaban J connectivity index is 1.00. The minimum atomic E-state index is -1.91. The van der Waals surface area contributed by atoms with Crippen LogP contribution in [0.5, 0.6) is 11.5 Å². The first-order chi connectivity index (χ1) is 67.8. The molecule has 0 saturated carbocycles. The molecule has 8 aromatic rings. The zero-order valence-corrected chi connectivity index (χ0v) is 81.6. The number of phenolic OH excluding ortho intramolecular Hbond substituents is 2. The number of H-pyrrole nitrogens is 3. The summed E-state index contributed by atoms with van der Waals surface area (Å²) >= 11 is 0. The molecule has 0 bridgehead atoms. The van der Waals surface area contributed by atoms with Gasteiger partial charge in [-0.25, -0.2) is 4.79 Å². The lowest BCUT2D eigenvalue weighted by atomic mass is 9.98. The van der Waals surface area contributed by atoms with Crippen LogP contribution in [0.25, 0.3) is 32.7 Å². The number of para-hydroxylation sites is 3. The number of unbranched alkanes of at least 4 members (excludes halogenated alkanes) is 1. The van der Waals surface area contributed by atoms with Crippen LogP contribution in [0, 0.1) is 23.7 Å². The number of carboxylic acid groups (broad SMARTS) is 2. The quantitative estimate of drug-likeness (QED) is 0.0238. The van der Waals surface area contributed by atoms with Gasteiger partial charge in [0.25, 0.3) is 0 Å². The van der Waals surface area contributed by atoms with E-state index in [4.69, 9.17) is 22.9 Å². The molecule has 0 spiro atoms. The van der Waals surface area contributed by atoms with Gasteiger partial charge in [0.2, 0.25) is 94.5 Å². The van der Waals surface area contributed by atoms with E-state index in [1.165, 1.54) is 55.5 Å². The normalized spacial score (nSPS) is 14.3. The van der Waals surface area contributed by atoms with E-state index in [1.54, 1.807) is 147 Å². The topological polar surface area (TPSA) is 708 Å². The lowest BCUT2D eigenvalue weighted by molar-refractivity contribution is -0.142. The van der Waals surface area contributed by atoms with E-state index in [-0.39, 0.29) is 101 Å². The van der Waals surface area contributed by atoms with Crippen LogP contribution in [0.1, 0.15) is 167 Å². The van der Waals surface area contributed by atoms with Crippen molar-refractivity contribution in [3.63, 3.8) is 0 Å². The summed E-state index contributed by atoms with van der Waals surface area (Å²) in [4.78, 5) is 264.